The van der Waals surface area contributed by atoms with Gasteiger partial charge in [-0.25, -0.2) is 0 Å². The van der Waals surface area contributed by atoms with Gasteiger partial charge in [-0.15, -0.1) is 12.4 Å². The molecule has 0 spiro atoms. The van der Waals surface area contributed by atoms with Gasteiger partial charge in [0.1, 0.15) is 0 Å². The number of rotatable bonds is 5. The van der Waals surface area contributed by atoms with Crippen LogP contribution in [0.1, 0.15) is 57.1 Å². The zero-order chi connectivity index (χ0) is 18.8. The van der Waals surface area contributed by atoms with E-state index in [4.69, 9.17) is 9.90 Å². The molecule has 0 aliphatic carbocycles. The van der Waals surface area contributed by atoms with Gasteiger partial charge in [-0.2, -0.15) is 0 Å². The number of amides is 1. The highest BCUT2D eigenvalue weighted by Gasteiger charge is 2.28. The van der Waals surface area contributed by atoms with Crippen LogP contribution in [0.15, 0.2) is 18.2 Å². The molecule has 1 fully saturated rings. The average Bonchev–Trinajstić information content (AvgIpc) is 2.56. The second-order valence-electron chi connectivity index (χ2n) is 6.68. The lowest BCUT2D eigenvalue weighted by Crippen LogP contribution is -2.47. The third-order valence-electron chi connectivity index (χ3n) is 4.44. The van der Waals surface area contributed by atoms with Crippen molar-refractivity contribution in [3.05, 3.63) is 29.3 Å². The van der Waals surface area contributed by atoms with Crippen molar-refractivity contribution in [2.75, 3.05) is 18.4 Å². The first-order chi connectivity index (χ1) is 11.9. The smallest absolute Gasteiger partial charge is 0.300 e. The van der Waals surface area contributed by atoms with Gasteiger partial charge >= 0.3 is 0 Å². The number of carbonyl (C=O) groups is 2. The Kier molecular flexibility index (Phi) is 14.7. The summed E-state index contributed by atoms with van der Waals surface area (Å²) in [4.78, 5) is 24.1. The molecule has 1 aliphatic rings. The van der Waals surface area contributed by atoms with Crippen LogP contribution in [0.4, 0.5) is 5.69 Å². The lowest BCUT2D eigenvalue weighted by Gasteiger charge is -2.34. The number of nitrogens with zero attached hydrogens (tertiary/aromatic N) is 1. The van der Waals surface area contributed by atoms with Crippen LogP contribution in [0.5, 0.6) is 0 Å². The Labute approximate surface area is 169 Å². The summed E-state index contributed by atoms with van der Waals surface area (Å²) in [6.07, 6.45) is 5.72. The van der Waals surface area contributed by atoms with Gasteiger partial charge in [0.05, 0.1) is 6.04 Å². The molecule has 0 aromatic heterocycles. The molecular formula is C20H35ClN2O4. The van der Waals surface area contributed by atoms with Gasteiger partial charge in [0.15, 0.2) is 0 Å². The number of halogens is 1. The number of carboxylic acids is 1. The number of anilines is 1. The maximum atomic E-state index is 12.7. The summed E-state index contributed by atoms with van der Waals surface area (Å²) in [5.74, 6) is -0.664. The maximum Gasteiger partial charge on any atom is 0.300 e. The van der Waals surface area contributed by atoms with Crippen LogP contribution in [0.2, 0.25) is 0 Å². The number of benzene rings is 1. The predicted molar refractivity (Wildman–Crippen MR) is 113 cm³/mol. The van der Waals surface area contributed by atoms with Crippen LogP contribution < -0.4 is 5.32 Å². The number of aryl methyl sites for hydroxylation is 2. The minimum Gasteiger partial charge on any atom is -0.481 e. The van der Waals surface area contributed by atoms with Crippen molar-refractivity contribution in [1.82, 2.24) is 4.90 Å². The first kappa shape index (κ1) is 27.6. The standard InChI is InChI=1S/C18H28N2O.C2H4O2.ClH.H2O/c1-4-5-12-20-13-7-6-11-16(20)18(21)19-17-14(2)9-8-10-15(17)3;1-2(3)4;;/h8-10,16H,4-7,11-13H2,1-3H3,(H,19,21);1H3,(H,3,4);1H;1H2. The van der Waals surface area contributed by atoms with E-state index in [2.05, 4.69) is 43.1 Å². The summed E-state index contributed by atoms with van der Waals surface area (Å²) in [7, 11) is 0. The fraction of sp³-hybridized carbons (Fsp3) is 0.600. The largest absolute Gasteiger partial charge is 0.481 e. The minimum atomic E-state index is -0.833. The van der Waals surface area contributed by atoms with Crippen LogP contribution in [0.25, 0.3) is 0 Å². The quantitative estimate of drug-likeness (QED) is 0.785. The number of nitrogens with one attached hydrogen (secondary N) is 1. The number of carboxylic acid groups (broad SMARTS) is 1. The zero-order valence-corrected chi connectivity index (χ0v) is 17.7. The van der Waals surface area contributed by atoms with E-state index < -0.39 is 5.97 Å². The fourth-order valence-electron chi connectivity index (χ4n) is 3.13. The van der Waals surface area contributed by atoms with Crippen LogP contribution in [-0.2, 0) is 9.59 Å². The molecule has 1 atom stereocenters. The highest BCUT2D eigenvalue weighted by Crippen LogP contribution is 2.23. The van der Waals surface area contributed by atoms with Gasteiger partial charge < -0.3 is 15.9 Å². The van der Waals surface area contributed by atoms with E-state index in [-0.39, 0.29) is 29.8 Å². The molecule has 1 saturated heterocycles. The van der Waals surface area contributed by atoms with Gasteiger partial charge in [-0.05, 0) is 57.3 Å². The lowest BCUT2D eigenvalue weighted by molar-refractivity contribution is -0.134. The molecule has 27 heavy (non-hydrogen) atoms. The van der Waals surface area contributed by atoms with Gasteiger partial charge in [0, 0.05) is 12.6 Å². The Morgan fingerprint density at radius 1 is 1.22 bits per heavy atom. The number of carbonyl (C=O) groups excluding carboxylic acids is 1. The summed E-state index contributed by atoms with van der Waals surface area (Å²) in [5.41, 5.74) is 3.27. The Balaban J connectivity index is 0. The van der Waals surface area contributed by atoms with Crippen molar-refractivity contribution in [3.63, 3.8) is 0 Å². The summed E-state index contributed by atoms with van der Waals surface area (Å²) < 4.78 is 0. The zero-order valence-electron chi connectivity index (χ0n) is 16.9. The lowest BCUT2D eigenvalue weighted by atomic mass is 10.00. The molecule has 1 amide bonds. The predicted octanol–water partition coefficient (Wildman–Crippen LogP) is 3.58. The number of hydrogen-bond donors (Lipinski definition) is 2. The number of aliphatic carboxylic acids is 1. The fourth-order valence-corrected chi connectivity index (χ4v) is 3.13. The second kappa shape index (κ2) is 14.4. The molecule has 1 aromatic carbocycles. The topological polar surface area (TPSA) is 101 Å². The molecule has 1 aliphatic heterocycles. The average molecular weight is 403 g/mol. The third kappa shape index (κ3) is 9.75. The second-order valence-corrected chi connectivity index (χ2v) is 6.68. The molecule has 4 N–H and O–H groups in total. The molecule has 6 nitrogen and oxygen atoms in total. The summed E-state index contributed by atoms with van der Waals surface area (Å²) in [6, 6.07) is 6.19. The highest BCUT2D eigenvalue weighted by molar-refractivity contribution is 5.96. The molecule has 0 radical (unpaired) electrons. The normalized spacial score (nSPS) is 16.1. The molecule has 1 aromatic rings. The van der Waals surface area contributed by atoms with Crippen LogP contribution in [-0.4, -0.2) is 46.5 Å². The number of para-hydroxylation sites is 1. The molecule has 7 heteroatoms. The summed E-state index contributed by atoms with van der Waals surface area (Å²) in [6.45, 7) is 9.50. The first-order valence-corrected chi connectivity index (χ1v) is 9.17. The van der Waals surface area contributed by atoms with E-state index in [1.54, 1.807) is 0 Å². The van der Waals surface area contributed by atoms with E-state index >= 15 is 0 Å². The van der Waals surface area contributed by atoms with Gasteiger partial charge in [-0.1, -0.05) is 38.0 Å². The molecule has 0 saturated carbocycles. The van der Waals surface area contributed by atoms with E-state index in [1.807, 2.05) is 6.07 Å². The Morgan fingerprint density at radius 3 is 2.30 bits per heavy atom. The number of unbranched alkanes of at least 4 members (excludes halogenated alkanes) is 1. The van der Waals surface area contributed by atoms with Crippen molar-refractivity contribution in [2.24, 2.45) is 0 Å². The maximum absolute atomic E-state index is 12.7. The monoisotopic (exact) mass is 402 g/mol. The van der Waals surface area contributed by atoms with Crippen molar-refractivity contribution in [2.45, 2.75) is 65.8 Å². The van der Waals surface area contributed by atoms with E-state index in [0.29, 0.717) is 0 Å². The van der Waals surface area contributed by atoms with Crippen molar-refractivity contribution >= 4 is 30.0 Å². The molecule has 1 heterocycles. The van der Waals surface area contributed by atoms with Crippen molar-refractivity contribution in [3.8, 4) is 0 Å². The van der Waals surface area contributed by atoms with Crippen LogP contribution in [0, 0.1) is 13.8 Å². The van der Waals surface area contributed by atoms with Gasteiger partial charge in [0.25, 0.3) is 5.97 Å². The minimum absolute atomic E-state index is 0. The summed E-state index contributed by atoms with van der Waals surface area (Å²) in [5, 5.41) is 10.6. The molecule has 0 bridgehead atoms. The number of hydrogen-bond acceptors (Lipinski definition) is 3. The van der Waals surface area contributed by atoms with E-state index in [9.17, 15) is 4.79 Å². The molecular weight excluding hydrogens is 368 g/mol. The number of piperidine rings is 1. The van der Waals surface area contributed by atoms with Crippen LogP contribution >= 0.6 is 12.4 Å². The Morgan fingerprint density at radius 2 is 1.78 bits per heavy atom. The van der Waals surface area contributed by atoms with Crippen LogP contribution in [0.3, 0.4) is 0 Å². The summed E-state index contributed by atoms with van der Waals surface area (Å²) >= 11 is 0. The highest BCUT2D eigenvalue weighted by atomic mass is 35.5. The first-order valence-electron chi connectivity index (χ1n) is 9.17. The van der Waals surface area contributed by atoms with E-state index in [1.165, 1.54) is 19.3 Å². The van der Waals surface area contributed by atoms with Crippen molar-refractivity contribution < 1.29 is 20.2 Å². The Hall–Kier alpha value is -1.63. The van der Waals surface area contributed by atoms with Gasteiger partial charge in [-0.3, -0.25) is 14.5 Å². The molecule has 2 rings (SSSR count). The van der Waals surface area contributed by atoms with Gasteiger partial charge in [0.2, 0.25) is 5.91 Å². The SMILES string of the molecule is CC(=O)O.CCCCN1CCCCC1C(=O)Nc1c(C)cccc1C.Cl.O. The van der Waals surface area contributed by atoms with Crippen molar-refractivity contribution in [1.29, 1.82) is 0 Å². The molecule has 156 valence electrons. The number of likely N-dealkylation sites (tertiary alicyclic amines) is 1. The third-order valence-corrected chi connectivity index (χ3v) is 4.44. The van der Waals surface area contributed by atoms with E-state index in [0.717, 1.165) is 49.7 Å². The Bertz CT molecular complexity index is 557. The molecule has 1 unspecified atom stereocenters.